The third-order valence-electron chi connectivity index (χ3n) is 2.01. The normalized spacial score (nSPS) is 9.82. The van der Waals surface area contributed by atoms with Crippen LogP contribution in [0.25, 0.3) is 0 Å². The first-order valence-corrected chi connectivity index (χ1v) is 5.28. The van der Waals surface area contributed by atoms with E-state index in [1.54, 1.807) is 18.2 Å². The SMILES string of the molecule is CCCOOC(=O)c1cc(OC)cc(OC)c1. The van der Waals surface area contributed by atoms with Crippen molar-refractivity contribution < 1.29 is 24.0 Å². The fourth-order valence-electron chi connectivity index (χ4n) is 1.15. The maximum Gasteiger partial charge on any atom is 0.373 e. The van der Waals surface area contributed by atoms with E-state index < -0.39 is 5.97 Å². The van der Waals surface area contributed by atoms with Crippen LogP contribution in [0.3, 0.4) is 0 Å². The highest BCUT2D eigenvalue weighted by Crippen LogP contribution is 2.22. The molecule has 1 aromatic carbocycles. The molecule has 0 aliphatic rings. The van der Waals surface area contributed by atoms with E-state index in [0.29, 0.717) is 23.7 Å². The van der Waals surface area contributed by atoms with E-state index in [-0.39, 0.29) is 0 Å². The highest BCUT2D eigenvalue weighted by Gasteiger charge is 2.12. The number of rotatable bonds is 6. The van der Waals surface area contributed by atoms with Crippen molar-refractivity contribution in [1.82, 2.24) is 0 Å². The summed E-state index contributed by atoms with van der Waals surface area (Å²) >= 11 is 0. The minimum atomic E-state index is -0.573. The van der Waals surface area contributed by atoms with Gasteiger partial charge in [0.1, 0.15) is 11.5 Å². The van der Waals surface area contributed by atoms with Gasteiger partial charge in [0.15, 0.2) is 0 Å². The third-order valence-corrected chi connectivity index (χ3v) is 2.01. The van der Waals surface area contributed by atoms with Gasteiger partial charge in [-0.15, -0.1) is 0 Å². The lowest BCUT2D eigenvalue weighted by molar-refractivity contribution is -0.240. The zero-order valence-corrected chi connectivity index (χ0v) is 10.2. The molecule has 0 aliphatic carbocycles. The molecule has 0 bridgehead atoms. The van der Waals surface area contributed by atoms with Crippen molar-refractivity contribution in [3.8, 4) is 11.5 Å². The first kappa shape index (κ1) is 13.3. The van der Waals surface area contributed by atoms with Gasteiger partial charge in [0.05, 0.1) is 26.4 Å². The molecule has 94 valence electrons. The molecule has 0 atom stereocenters. The Labute approximate surface area is 100 Å². The molecule has 0 amide bonds. The lowest BCUT2D eigenvalue weighted by Crippen LogP contribution is -2.07. The van der Waals surface area contributed by atoms with Crippen LogP contribution >= 0.6 is 0 Å². The summed E-state index contributed by atoms with van der Waals surface area (Å²) in [5.74, 6) is 0.467. The maximum atomic E-state index is 11.6. The largest absolute Gasteiger partial charge is 0.497 e. The Kier molecular flexibility index (Phi) is 5.29. The monoisotopic (exact) mass is 240 g/mol. The van der Waals surface area contributed by atoms with Gasteiger partial charge in [-0.05, 0) is 18.6 Å². The number of methoxy groups -OCH3 is 2. The average Bonchev–Trinajstić information content (AvgIpc) is 2.38. The molecule has 0 radical (unpaired) electrons. The Hall–Kier alpha value is -1.75. The number of hydrogen-bond donors (Lipinski definition) is 0. The number of benzene rings is 1. The molecule has 1 aromatic rings. The Morgan fingerprint density at radius 2 is 1.71 bits per heavy atom. The highest BCUT2D eigenvalue weighted by molar-refractivity contribution is 5.90. The van der Waals surface area contributed by atoms with Crippen molar-refractivity contribution in [3.05, 3.63) is 23.8 Å². The van der Waals surface area contributed by atoms with E-state index in [1.807, 2.05) is 6.92 Å². The smallest absolute Gasteiger partial charge is 0.373 e. The van der Waals surface area contributed by atoms with Crippen LogP contribution < -0.4 is 9.47 Å². The van der Waals surface area contributed by atoms with E-state index in [4.69, 9.17) is 14.4 Å². The second-order valence-electron chi connectivity index (χ2n) is 3.29. The molecule has 5 heteroatoms. The summed E-state index contributed by atoms with van der Waals surface area (Å²) in [5, 5.41) is 0. The summed E-state index contributed by atoms with van der Waals surface area (Å²) in [7, 11) is 3.02. The third kappa shape index (κ3) is 3.96. The van der Waals surface area contributed by atoms with Gasteiger partial charge in [0.2, 0.25) is 0 Å². The molecule has 17 heavy (non-hydrogen) atoms. The van der Waals surface area contributed by atoms with Gasteiger partial charge in [0.25, 0.3) is 0 Å². The van der Waals surface area contributed by atoms with Gasteiger partial charge in [-0.1, -0.05) is 6.92 Å². The van der Waals surface area contributed by atoms with Gasteiger partial charge in [-0.3, -0.25) is 4.89 Å². The lowest BCUT2D eigenvalue weighted by Gasteiger charge is -2.07. The van der Waals surface area contributed by atoms with Crippen molar-refractivity contribution >= 4 is 5.97 Å². The molecule has 0 N–H and O–H groups in total. The van der Waals surface area contributed by atoms with Crippen molar-refractivity contribution in [2.24, 2.45) is 0 Å². The molecular formula is C12H16O5. The summed E-state index contributed by atoms with van der Waals surface area (Å²) in [6.45, 7) is 2.29. The van der Waals surface area contributed by atoms with E-state index in [0.717, 1.165) is 6.42 Å². The molecule has 0 unspecified atom stereocenters. The van der Waals surface area contributed by atoms with Crippen LogP contribution in [-0.2, 0) is 9.78 Å². The minimum Gasteiger partial charge on any atom is -0.497 e. The van der Waals surface area contributed by atoms with Crippen LogP contribution in [0.4, 0.5) is 0 Å². The average molecular weight is 240 g/mol. The molecule has 0 saturated carbocycles. The zero-order chi connectivity index (χ0) is 12.7. The molecule has 0 saturated heterocycles. The Bertz CT molecular complexity index is 353. The molecule has 0 heterocycles. The van der Waals surface area contributed by atoms with Crippen LogP contribution in [-0.4, -0.2) is 26.8 Å². The van der Waals surface area contributed by atoms with Gasteiger partial charge >= 0.3 is 5.97 Å². The van der Waals surface area contributed by atoms with Crippen molar-refractivity contribution in [2.45, 2.75) is 13.3 Å². The van der Waals surface area contributed by atoms with Crippen LogP contribution in [0.1, 0.15) is 23.7 Å². The van der Waals surface area contributed by atoms with Crippen LogP contribution in [0, 0.1) is 0 Å². The van der Waals surface area contributed by atoms with E-state index in [1.165, 1.54) is 14.2 Å². The summed E-state index contributed by atoms with van der Waals surface area (Å²) in [6.07, 6.45) is 0.773. The predicted molar refractivity (Wildman–Crippen MR) is 61.2 cm³/mol. The van der Waals surface area contributed by atoms with Crippen LogP contribution in [0.5, 0.6) is 11.5 Å². The van der Waals surface area contributed by atoms with Gasteiger partial charge in [-0.25, -0.2) is 4.79 Å². The maximum absolute atomic E-state index is 11.6. The number of carbonyl (C=O) groups excluding carboxylic acids is 1. The number of carbonyl (C=O) groups is 1. The number of ether oxygens (including phenoxy) is 2. The first-order valence-electron chi connectivity index (χ1n) is 5.28. The fourth-order valence-corrected chi connectivity index (χ4v) is 1.15. The van der Waals surface area contributed by atoms with E-state index >= 15 is 0 Å². The second-order valence-corrected chi connectivity index (χ2v) is 3.29. The molecule has 0 fully saturated rings. The quantitative estimate of drug-likeness (QED) is 0.433. The van der Waals surface area contributed by atoms with E-state index in [9.17, 15) is 4.79 Å². The molecule has 5 nitrogen and oxygen atoms in total. The fraction of sp³-hybridized carbons (Fsp3) is 0.417. The van der Waals surface area contributed by atoms with Gasteiger partial charge in [0, 0.05) is 6.07 Å². The zero-order valence-electron chi connectivity index (χ0n) is 10.2. The lowest BCUT2D eigenvalue weighted by atomic mass is 10.2. The predicted octanol–water partition coefficient (Wildman–Crippen LogP) is 2.20. The minimum absolute atomic E-state index is 0.317. The standard InChI is InChI=1S/C12H16O5/c1-4-5-16-17-12(13)9-6-10(14-2)8-11(7-9)15-3/h6-8H,4-5H2,1-3H3. The van der Waals surface area contributed by atoms with Crippen LogP contribution in [0.15, 0.2) is 18.2 Å². The Morgan fingerprint density at radius 1 is 1.12 bits per heavy atom. The van der Waals surface area contributed by atoms with Crippen LogP contribution in [0.2, 0.25) is 0 Å². The second kappa shape index (κ2) is 6.75. The summed E-state index contributed by atoms with van der Waals surface area (Å²) in [6, 6.07) is 4.78. The summed E-state index contributed by atoms with van der Waals surface area (Å²) in [5.41, 5.74) is 0.317. The Balaban J connectivity index is 2.77. The molecule has 0 spiro atoms. The van der Waals surface area contributed by atoms with Crippen molar-refractivity contribution in [2.75, 3.05) is 20.8 Å². The summed E-state index contributed by atoms with van der Waals surface area (Å²) in [4.78, 5) is 20.9. The topological polar surface area (TPSA) is 54.0 Å². The Morgan fingerprint density at radius 3 is 2.18 bits per heavy atom. The summed E-state index contributed by atoms with van der Waals surface area (Å²) < 4.78 is 10.1. The first-order chi connectivity index (χ1) is 8.21. The number of hydrogen-bond acceptors (Lipinski definition) is 5. The molecular weight excluding hydrogens is 224 g/mol. The molecule has 1 rings (SSSR count). The van der Waals surface area contributed by atoms with Crippen molar-refractivity contribution in [3.63, 3.8) is 0 Å². The van der Waals surface area contributed by atoms with Gasteiger partial charge in [-0.2, -0.15) is 4.89 Å². The molecule has 0 aliphatic heterocycles. The van der Waals surface area contributed by atoms with E-state index in [2.05, 4.69) is 4.89 Å². The van der Waals surface area contributed by atoms with Gasteiger partial charge < -0.3 is 9.47 Å². The van der Waals surface area contributed by atoms with Crippen molar-refractivity contribution in [1.29, 1.82) is 0 Å². The molecule has 0 aromatic heterocycles. The highest BCUT2D eigenvalue weighted by atomic mass is 17.2.